The number of carbonyl (C=O) groups excluding carboxylic acids is 1. The lowest BCUT2D eigenvalue weighted by molar-refractivity contribution is -0.116. The minimum absolute atomic E-state index is 0.0218. The Hall–Kier alpha value is -1.40. The number of amides is 1. The van der Waals surface area contributed by atoms with E-state index in [1.54, 1.807) is 13.0 Å². The van der Waals surface area contributed by atoms with Crippen LogP contribution < -0.4 is 5.32 Å². The third-order valence-corrected chi connectivity index (χ3v) is 3.75. The van der Waals surface area contributed by atoms with Crippen LogP contribution >= 0.6 is 0 Å². The molecule has 1 saturated heterocycles. The van der Waals surface area contributed by atoms with Crippen LogP contribution in [0, 0.1) is 12.8 Å². The van der Waals surface area contributed by atoms with Gasteiger partial charge in [0.1, 0.15) is 5.76 Å². The maximum Gasteiger partial charge on any atom is 0.226 e. The van der Waals surface area contributed by atoms with Crippen LogP contribution in [0.5, 0.6) is 0 Å². The number of anilines is 1. The van der Waals surface area contributed by atoms with Crippen molar-refractivity contribution >= 4 is 11.7 Å². The maximum absolute atomic E-state index is 11.9. The van der Waals surface area contributed by atoms with E-state index in [2.05, 4.69) is 29.2 Å². The van der Waals surface area contributed by atoms with Gasteiger partial charge >= 0.3 is 0 Å². The van der Waals surface area contributed by atoms with Crippen molar-refractivity contribution < 1.29 is 14.1 Å². The smallest absolute Gasteiger partial charge is 0.226 e. The first kappa shape index (κ1) is 17.0. The van der Waals surface area contributed by atoms with E-state index in [0.717, 1.165) is 39.1 Å². The SMILES string of the molecule is Cc1cc(NC(=O)CCN2CCC(OCC(C)C)CC2)no1. The summed E-state index contributed by atoms with van der Waals surface area (Å²) in [5.41, 5.74) is 0. The second-order valence-electron chi connectivity index (χ2n) is 6.39. The minimum atomic E-state index is -0.0218. The summed E-state index contributed by atoms with van der Waals surface area (Å²) in [5.74, 6) is 1.75. The summed E-state index contributed by atoms with van der Waals surface area (Å²) in [7, 11) is 0. The van der Waals surface area contributed by atoms with Crippen molar-refractivity contribution in [2.75, 3.05) is 31.6 Å². The molecule has 1 aromatic heterocycles. The number of rotatable bonds is 7. The molecule has 22 heavy (non-hydrogen) atoms. The lowest BCUT2D eigenvalue weighted by Gasteiger charge is -2.32. The van der Waals surface area contributed by atoms with Gasteiger partial charge in [-0.3, -0.25) is 4.79 Å². The summed E-state index contributed by atoms with van der Waals surface area (Å²) in [6.45, 7) is 9.75. The highest BCUT2D eigenvalue weighted by molar-refractivity contribution is 5.89. The number of likely N-dealkylation sites (tertiary alicyclic amines) is 1. The van der Waals surface area contributed by atoms with Gasteiger partial charge in [0.15, 0.2) is 5.82 Å². The third-order valence-electron chi connectivity index (χ3n) is 3.75. The van der Waals surface area contributed by atoms with Gasteiger partial charge in [-0.2, -0.15) is 0 Å². The standard InChI is InChI=1S/C16H27N3O3/c1-12(2)11-21-14-4-7-19(8-5-14)9-6-16(20)17-15-10-13(3)22-18-15/h10,12,14H,4-9,11H2,1-3H3,(H,17,18,20). The highest BCUT2D eigenvalue weighted by atomic mass is 16.5. The molecule has 0 bridgehead atoms. The van der Waals surface area contributed by atoms with Gasteiger partial charge < -0.3 is 19.5 Å². The molecule has 1 amide bonds. The molecule has 6 heteroatoms. The van der Waals surface area contributed by atoms with Crippen LogP contribution in [0.1, 0.15) is 38.9 Å². The number of hydrogen-bond acceptors (Lipinski definition) is 5. The van der Waals surface area contributed by atoms with Crippen molar-refractivity contribution in [1.82, 2.24) is 10.1 Å². The van der Waals surface area contributed by atoms with E-state index in [0.29, 0.717) is 30.0 Å². The molecule has 0 spiro atoms. The molecule has 0 unspecified atom stereocenters. The monoisotopic (exact) mass is 309 g/mol. The van der Waals surface area contributed by atoms with Gasteiger partial charge in [-0.25, -0.2) is 0 Å². The Morgan fingerprint density at radius 3 is 2.82 bits per heavy atom. The van der Waals surface area contributed by atoms with Gasteiger partial charge in [0.05, 0.1) is 6.10 Å². The zero-order valence-corrected chi connectivity index (χ0v) is 13.8. The van der Waals surface area contributed by atoms with Crippen molar-refractivity contribution in [3.63, 3.8) is 0 Å². The quantitative estimate of drug-likeness (QED) is 0.838. The molecule has 1 aliphatic heterocycles. The molecular weight excluding hydrogens is 282 g/mol. The van der Waals surface area contributed by atoms with Crippen molar-refractivity contribution in [3.8, 4) is 0 Å². The average Bonchev–Trinajstić information content (AvgIpc) is 2.89. The number of ether oxygens (including phenoxy) is 1. The van der Waals surface area contributed by atoms with Crippen molar-refractivity contribution in [2.24, 2.45) is 5.92 Å². The molecule has 124 valence electrons. The highest BCUT2D eigenvalue weighted by Gasteiger charge is 2.20. The molecule has 2 heterocycles. The molecule has 1 aliphatic rings. The Kier molecular flexibility index (Phi) is 6.39. The van der Waals surface area contributed by atoms with Gasteiger partial charge in [0.25, 0.3) is 0 Å². The summed E-state index contributed by atoms with van der Waals surface area (Å²) in [6, 6.07) is 1.72. The molecule has 2 rings (SSSR count). The molecule has 1 N–H and O–H groups in total. The predicted octanol–water partition coefficient (Wildman–Crippen LogP) is 2.45. The van der Waals surface area contributed by atoms with Crippen LogP contribution in [-0.4, -0.2) is 48.3 Å². The lowest BCUT2D eigenvalue weighted by atomic mass is 10.1. The lowest BCUT2D eigenvalue weighted by Crippen LogP contribution is -2.38. The molecule has 1 fully saturated rings. The van der Waals surface area contributed by atoms with E-state index in [4.69, 9.17) is 9.26 Å². The Bertz CT molecular complexity index is 465. The van der Waals surface area contributed by atoms with Gasteiger partial charge in [-0.15, -0.1) is 0 Å². The van der Waals surface area contributed by atoms with Crippen LogP contribution in [0.25, 0.3) is 0 Å². The molecule has 0 aromatic carbocycles. The van der Waals surface area contributed by atoms with Crippen molar-refractivity contribution in [1.29, 1.82) is 0 Å². The van der Waals surface area contributed by atoms with Crippen LogP contribution in [0.15, 0.2) is 10.6 Å². The van der Waals surface area contributed by atoms with E-state index < -0.39 is 0 Å². The van der Waals surface area contributed by atoms with Crippen molar-refractivity contribution in [2.45, 2.75) is 46.1 Å². The molecule has 6 nitrogen and oxygen atoms in total. The third kappa shape index (κ3) is 5.77. The topological polar surface area (TPSA) is 67.6 Å². The largest absolute Gasteiger partial charge is 0.378 e. The van der Waals surface area contributed by atoms with Gasteiger partial charge in [0, 0.05) is 38.7 Å². The molecule has 0 saturated carbocycles. The average molecular weight is 309 g/mol. The van der Waals surface area contributed by atoms with E-state index in [9.17, 15) is 4.79 Å². The zero-order chi connectivity index (χ0) is 15.9. The molecular formula is C16H27N3O3. The van der Waals surface area contributed by atoms with Crippen LogP contribution in [-0.2, 0) is 9.53 Å². The van der Waals surface area contributed by atoms with Crippen LogP contribution in [0.3, 0.4) is 0 Å². The predicted molar refractivity (Wildman–Crippen MR) is 84.7 cm³/mol. The number of nitrogens with zero attached hydrogens (tertiary/aromatic N) is 2. The summed E-state index contributed by atoms with van der Waals surface area (Å²) in [4.78, 5) is 14.2. The molecule has 0 aliphatic carbocycles. The van der Waals surface area contributed by atoms with E-state index >= 15 is 0 Å². The van der Waals surface area contributed by atoms with Crippen LogP contribution in [0.2, 0.25) is 0 Å². The van der Waals surface area contributed by atoms with E-state index in [-0.39, 0.29) is 5.91 Å². The number of carbonyl (C=O) groups is 1. The normalized spacial score (nSPS) is 17.1. The highest BCUT2D eigenvalue weighted by Crippen LogP contribution is 2.15. The zero-order valence-electron chi connectivity index (χ0n) is 13.8. The Morgan fingerprint density at radius 2 is 2.23 bits per heavy atom. The fourth-order valence-electron chi connectivity index (χ4n) is 2.52. The first-order valence-corrected chi connectivity index (χ1v) is 8.10. The summed E-state index contributed by atoms with van der Waals surface area (Å²) < 4.78 is 10.8. The second kappa shape index (κ2) is 8.29. The van der Waals surface area contributed by atoms with Gasteiger partial charge in [-0.1, -0.05) is 19.0 Å². The van der Waals surface area contributed by atoms with Gasteiger partial charge in [-0.05, 0) is 25.7 Å². The first-order chi connectivity index (χ1) is 10.5. The molecule has 0 radical (unpaired) electrons. The number of piperidine rings is 1. The number of hydrogen-bond donors (Lipinski definition) is 1. The minimum Gasteiger partial charge on any atom is -0.378 e. The molecule has 1 aromatic rings. The van der Waals surface area contributed by atoms with Gasteiger partial charge in [0.2, 0.25) is 5.91 Å². The summed E-state index contributed by atoms with van der Waals surface area (Å²) in [5, 5.41) is 6.51. The Labute approximate surface area is 132 Å². The fourth-order valence-corrected chi connectivity index (χ4v) is 2.52. The van der Waals surface area contributed by atoms with Crippen LogP contribution in [0.4, 0.5) is 5.82 Å². The summed E-state index contributed by atoms with van der Waals surface area (Å²) in [6.07, 6.45) is 2.96. The summed E-state index contributed by atoms with van der Waals surface area (Å²) >= 11 is 0. The fraction of sp³-hybridized carbons (Fsp3) is 0.750. The Morgan fingerprint density at radius 1 is 1.50 bits per heavy atom. The second-order valence-corrected chi connectivity index (χ2v) is 6.39. The molecule has 0 atom stereocenters. The number of aromatic nitrogens is 1. The first-order valence-electron chi connectivity index (χ1n) is 8.10. The van der Waals surface area contributed by atoms with E-state index in [1.807, 2.05) is 0 Å². The number of nitrogens with one attached hydrogen (secondary N) is 1. The maximum atomic E-state index is 11.9. The Balaban J connectivity index is 1.61. The van der Waals surface area contributed by atoms with E-state index in [1.165, 1.54) is 0 Å². The van der Waals surface area contributed by atoms with Crippen molar-refractivity contribution in [3.05, 3.63) is 11.8 Å². The number of aryl methyl sites for hydroxylation is 1.